The second-order valence-corrected chi connectivity index (χ2v) is 4.13. The lowest BCUT2D eigenvalue weighted by Crippen LogP contribution is -2.05. The first-order valence-corrected chi connectivity index (χ1v) is 5.71. The predicted molar refractivity (Wildman–Crippen MR) is 72.8 cm³/mol. The quantitative estimate of drug-likeness (QED) is 0.640. The van der Waals surface area contributed by atoms with Crippen LogP contribution in [0, 0.1) is 21.4 Å². The Bertz CT molecular complexity index is 700. The number of nitro benzene ring substituents is 1. The number of hydrogen-bond acceptors (Lipinski definition) is 6. The SMILES string of the molecule is Cn1ncc(CNc2ccc(C#N)cc2[N+](=O)[O-])c1N. The Morgan fingerprint density at radius 3 is 2.90 bits per heavy atom. The number of aromatic nitrogens is 2. The summed E-state index contributed by atoms with van der Waals surface area (Å²) < 4.78 is 1.52. The van der Waals surface area contributed by atoms with Crippen molar-refractivity contribution in [3.05, 3.63) is 45.6 Å². The molecule has 0 bridgehead atoms. The number of aryl methyl sites for hydroxylation is 1. The summed E-state index contributed by atoms with van der Waals surface area (Å²) in [6.07, 6.45) is 1.60. The van der Waals surface area contributed by atoms with Crippen LogP contribution in [-0.4, -0.2) is 14.7 Å². The van der Waals surface area contributed by atoms with Crippen molar-refractivity contribution in [3.8, 4) is 6.07 Å². The third-order valence-electron chi connectivity index (χ3n) is 2.86. The predicted octanol–water partition coefficient (Wildman–Crippen LogP) is 1.39. The number of nitrogens with one attached hydrogen (secondary N) is 1. The lowest BCUT2D eigenvalue weighted by atomic mass is 10.2. The lowest BCUT2D eigenvalue weighted by Gasteiger charge is -2.07. The fraction of sp³-hybridized carbons (Fsp3) is 0.167. The molecule has 0 spiro atoms. The van der Waals surface area contributed by atoms with Crippen LogP contribution < -0.4 is 11.1 Å². The van der Waals surface area contributed by atoms with Crippen molar-refractivity contribution in [3.63, 3.8) is 0 Å². The highest BCUT2D eigenvalue weighted by atomic mass is 16.6. The van der Waals surface area contributed by atoms with Crippen LogP contribution in [0.5, 0.6) is 0 Å². The molecule has 2 rings (SSSR count). The Balaban J connectivity index is 2.23. The van der Waals surface area contributed by atoms with Crippen molar-refractivity contribution >= 4 is 17.2 Å². The van der Waals surface area contributed by atoms with E-state index in [1.807, 2.05) is 6.07 Å². The fourth-order valence-electron chi connectivity index (χ4n) is 1.72. The molecule has 0 aliphatic rings. The van der Waals surface area contributed by atoms with Gasteiger partial charge in [-0.25, -0.2) is 0 Å². The van der Waals surface area contributed by atoms with E-state index < -0.39 is 4.92 Å². The molecule has 0 fully saturated rings. The van der Waals surface area contributed by atoms with Crippen molar-refractivity contribution < 1.29 is 4.92 Å². The first-order valence-electron chi connectivity index (χ1n) is 5.71. The summed E-state index contributed by atoms with van der Waals surface area (Å²) >= 11 is 0. The van der Waals surface area contributed by atoms with Gasteiger partial charge in [-0.05, 0) is 12.1 Å². The van der Waals surface area contributed by atoms with E-state index in [1.165, 1.54) is 22.9 Å². The zero-order valence-corrected chi connectivity index (χ0v) is 10.7. The minimum atomic E-state index is -0.532. The summed E-state index contributed by atoms with van der Waals surface area (Å²) in [4.78, 5) is 10.5. The molecule has 0 saturated heterocycles. The monoisotopic (exact) mass is 272 g/mol. The highest BCUT2D eigenvalue weighted by Gasteiger charge is 2.15. The lowest BCUT2D eigenvalue weighted by molar-refractivity contribution is -0.384. The van der Waals surface area contributed by atoms with Gasteiger partial charge in [-0.3, -0.25) is 14.8 Å². The topological polar surface area (TPSA) is 123 Å². The molecule has 0 aliphatic carbocycles. The molecule has 0 unspecified atom stereocenters. The molecular formula is C12H12N6O2. The van der Waals surface area contributed by atoms with Gasteiger partial charge in [0.05, 0.1) is 22.8 Å². The molecule has 0 aliphatic heterocycles. The van der Waals surface area contributed by atoms with Gasteiger partial charge in [0.25, 0.3) is 5.69 Å². The van der Waals surface area contributed by atoms with Crippen molar-refractivity contribution in [2.45, 2.75) is 6.54 Å². The molecular weight excluding hydrogens is 260 g/mol. The van der Waals surface area contributed by atoms with Crippen molar-refractivity contribution in [2.24, 2.45) is 7.05 Å². The Hall–Kier alpha value is -3.08. The summed E-state index contributed by atoms with van der Waals surface area (Å²) in [7, 11) is 1.71. The maximum atomic E-state index is 11.0. The van der Waals surface area contributed by atoms with Crippen molar-refractivity contribution in [1.29, 1.82) is 5.26 Å². The number of nitrogens with two attached hydrogens (primary N) is 1. The number of hydrogen-bond donors (Lipinski definition) is 2. The largest absolute Gasteiger partial charge is 0.384 e. The van der Waals surface area contributed by atoms with Crippen LogP contribution in [0.25, 0.3) is 0 Å². The van der Waals surface area contributed by atoms with E-state index in [0.717, 1.165) is 5.56 Å². The number of nitrogens with zero attached hydrogens (tertiary/aromatic N) is 4. The standard InChI is InChI=1S/C12H12N6O2/c1-17-12(14)9(7-16-17)6-15-10-3-2-8(5-13)4-11(10)18(19)20/h2-4,7,15H,6,14H2,1H3. The molecule has 0 amide bonds. The van der Waals surface area contributed by atoms with Gasteiger partial charge in [-0.15, -0.1) is 0 Å². The Kier molecular flexibility index (Phi) is 3.52. The van der Waals surface area contributed by atoms with Gasteiger partial charge in [0.2, 0.25) is 0 Å². The van der Waals surface area contributed by atoms with Gasteiger partial charge in [0.1, 0.15) is 11.5 Å². The van der Waals surface area contributed by atoms with Crippen LogP contribution in [0.3, 0.4) is 0 Å². The molecule has 1 aromatic heterocycles. The number of anilines is 2. The zero-order valence-electron chi connectivity index (χ0n) is 10.7. The van der Waals surface area contributed by atoms with Gasteiger partial charge < -0.3 is 11.1 Å². The minimum absolute atomic E-state index is 0.147. The van der Waals surface area contributed by atoms with Gasteiger partial charge >= 0.3 is 0 Å². The van der Waals surface area contributed by atoms with Crippen LogP contribution in [-0.2, 0) is 13.6 Å². The van der Waals surface area contributed by atoms with E-state index in [1.54, 1.807) is 13.2 Å². The first-order chi connectivity index (χ1) is 9.52. The van der Waals surface area contributed by atoms with Gasteiger partial charge in [-0.2, -0.15) is 10.4 Å². The molecule has 102 valence electrons. The summed E-state index contributed by atoms with van der Waals surface area (Å²) in [6.45, 7) is 0.312. The summed E-state index contributed by atoms with van der Waals surface area (Å²) in [5.41, 5.74) is 6.96. The van der Waals surface area contributed by atoms with Crippen molar-refractivity contribution in [1.82, 2.24) is 9.78 Å². The van der Waals surface area contributed by atoms with E-state index in [2.05, 4.69) is 10.4 Å². The summed E-state index contributed by atoms with van der Waals surface area (Å²) in [6, 6.07) is 6.12. The third kappa shape index (κ3) is 2.51. The van der Waals surface area contributed by atoms with Crippen LogP contribution >= 0.6 is 0 Å². The highest BCUT2D eigenvalue weighted by molar-refractivity contribution is 5.64. The molecule has 2 aromatic rings. The number of nitrogen functional groups attached to an aromatic ring is 1. The van der Waals surface area contributed by atoms with Gasteiger partial charge in [0, 0.05) is 25.2 Å². The number of nitriles is 1. The summed E-state index contributed by atoms with van der Waals surface area (Å²) in [5, 5.41) is 26.7. The Morgan fingerprint density at radius 2 is 2.35 bits per heavy atom. The molecule has 8 nitrogen and oxygen atoms in total. The van der Waals surface area contributed by atoms with Crippen LogP contribution in [0.1, 0.15) is 11.1 Å². The van der Waals surface area contributed by atoms with E-state index in [4.69, 9.17) is 11.0 Å². The average Bonchev–Trinajstić information content (AvgIpc) is 2.76. The number of nitro groups is 1. The highest BCUT2D eigenvalue weighted by Crippen LogP contribution is 2.26. The maximum Gasteiger partial charge on any atom is 0.293 e. The number of benzene rings is 1. The van der Waals surface area contributed by atoms with Crippen LogP contribution in [0.15, 0.2) is 24.4 Å². The Morgan fingerprint density at radius 1 is 1.60 bits per heavy atom. The van der Waals surface area contributed by atoms with Crippen LogP contribution in [0.2, 0.25) is 0 Å². The van der Waals surface area contributed by atoms with Gasteiger partial charge in [-0.1, -0.05) is 0 Å². The first kappa shape index (κ1) is 13.4. The second-order valence-electron chi connectivity index (χ2n) is 4.13. The van der Waals surface area contributed by atoms with Crippen molar-refractivity contribution in [2.75, 3.05) is 11.1 Å². The van der Waals surface area contributed by atoms with E-state index in [0.29, 0.717) is 18.1 Å². The van der Waals surface area contributed by atoms with E-state index >= 15 is 0 Å². The number of rotatable bonds is 4. The normalized spacial score (nSPS) is 10.0. The molecule has 0 atom stereocenters. The average molecular weight is 272 g/mol. The molecule has 0 radical (unpaired) electrons. The van der Waals surface area contributed by atoms with Crippen LogP contribution in [0.4, 0.5) is 17.2 Å². The van der Waals surface area contributed by atoms with Gasteiger partial charge in [0.15, 0.2) is 0 Å². The van der Waals surface area contributed by atoms with E-state index in [9.17, 15) is 10.1 Å². The van der Waals surface area contributed by atoms with E-state index in [-0.39, 0.29) is 11.3 Å². The molecule has 20 heavy (non-hydrogen) atoms. The zero-order chi connectivity index (χ0) is 14.7. The fourth-order valence-corrected chi connectivity index (χ4v) is 1.72. The minimum Gasteiger partial charge on any atom is -0.384 e. The second kappa shape index (κ2) is 5.27. The molecule has 8 heteroatoms. The molecule has 0 saturated carbocycles. The molecule has 1 aromatic carbocycles. The molecule has 1 heterocycles. The molecule has 3 N–H and O–H groups in total. The smallest absolute Gasteiger partial charge is 0.293 e. The summed E-state index contributed by atoms with van der Waals surface area (Å²) in [5.74, 6) is 0.494. The Labute approximate surface area is 114 Å². The maximum absolute atomic E-state index is 11.0. The third-order valence-corrected chi connectivity index (χ3v) is 2.86.